The summed E-state index contributed by atoms with van der Waals surface area (Å²) in [7, 11) is 0. The molecule has 0 aromatic rings. The first-order chi connectivity index (χ1) is 5.31. The zero-order valence-electron chi connectivity index (χ0n) is 9.15. The number of aliphatic hydroxyl groups excluding tert-OH is 1. The molecule has 0 heterocycles. The summed E-state index contributed by atoms with van der Waals surface area (Å²) in [5, 5.41) is 8.86. The lowest BCUT2D eigenvalue weighted by Crippen LogP contribution is -2.01. The molecule has 1 N–H and O–H groups in total. The summed E-state index contributed by atoms with van der Waals surface area (Å²) >= 11 is 0. The Bertz CT molecular complexity index is 35.9. The minimum absolute atomic E-state index is 0.0509. The summed E-state index contributed by atoms with van der Waals surface area (Å²) in [6.07, 6.45) is 2.89. The van der Waals surface area contributed by atoms with Crippen LogP contribution in [0.15, 0.2) is 0 Å². The third-order valence-corrected chi connectivity index (χ3v) is 1.09. The average molecular weight is 162 g/mol. The van der Waals surface area contributed by atoms with Crippen LogP contribution in [0.4, 0.5) is 0 Å². The molecule has 0 amide bonds. The molecule has 1 unspecified atom stereocenters. The van der Waals surface area contributed by atoms with Gasteiger partial charge in [-0.1, -0.05) is 48.0 Å². The van der Waals surface area contributed by atoms with Crippen LogP contribution in [-0.4, -0.2) is 11.2 Å². The summed E-state index contributed by atoms with van der Waals surface area (Å²) in [5.41, 5.74) is 0. The molecule has 72 valence electrons. The molecule has 0 radical (unpaired) electrons. The highest BCUT2D eigenvalue weighted by Gasteiger charge is 1.94. The van der Waals surface area contributed by atoms with Gasteiger partial charge in [0.05, 0.1) is 6.10 Å². The SMILES string of the molecule is CC.CC.CCCC(O)CC. The second kappa shape index (κ2) is 22.5. The third-order valence-electron chi connectivity index (χ3n) is 1.09. The van der Waals surface area contributed by atoms with Crippen molar-refractivity contribution in [3.05, 3.63) is 0 Å². The Balaban J connectivity index is -0.000000138. The monoisotopic (exact) mass is 162 g/mol. The molecule has 0 aromatic heterocycles. The van der Waals surface area contributed by atoms with Gasteiger partial charge in [-0.2, -0.15) is 0 Å². The number of hydrogen-bond acceptors (Lipinski definition) is 1. The smallest absolute Gasteiger partial charge is 0.0537 e. The van der Waals surface area contributed by atoms with Crippen molar-refractivity contribution in [3.63, 3.8) is 0 Å². The lowest BCUT2D eigenvalue weighted by molar-refractivity contribution is 0.159. The zero-order valence-corrected chi connectivity index (χ0v) is 9.15. The molecule has 0 fully saturated rings. The van der Waals surface area contributed by atoms with Gasteiger partial charge >= 0.3 is 0 Å². The van der Waals surface area contributed by atoms with E-state index < -0.39 is 0 Å². The largest absolute Gasteiger partial charge is 0.393 e. The van der Waals surface area contributed by atoms with Crippen LogP contribution < -0.4 is 0 Å². The molecular formula is C10H26O. The highest BCUT2D eigenvalue weighted by molar-refractivity contribution is 4.47. The molecule has 0 aliphatic heterocycles. The summed E-state index contributed by atoms with van der Waals surface area (Å²) < 4.78 is 0. The predicted octanol–water partition coefficient (Wildman–Crippen LogP) is 3.61. The molecule has 0 aliphatic carbocycles. The maximum absolute atomic E-state index is 8.86. The van der Waals surface area contributed by atoms with E-state index in [1.54, 1.807) is 0 Å². The van der Waals surface area contributed by atoms with Crippen molar-refractivity contribution in [2.75, 3.05) is 0 Å². The van der Waals surface area contributed by atoms with Gasteiger partial charge in [0.2, 0.25) is 0 Å². The molecule has 0 aliphatic rings. The normalized spacial score (nSPS) is 10.1. The van der Waals surface area contributed by atoms with Crippen molar-refractivity contribution < 1.29 is 5.11 Å². The molecule has 0 spiro atoms. The Morgan fingerprint density at radius 3 is 1.45 bits per heavy atom. The van der Waals surface area contributed by atoms with E-state index >= 15 is 0 Å². The minimum atomic E-state index is -0.0509. The molecule has 1 heteroatoms. The van der Waals surface area contributed by atoms with Gasteiger partial charge in [0.15, 0.2) is 0 Å². The van der Waals surface area contributed by atoms with E-state index in [9.17, 15) is 0 Å². The van der Waals surface area contributed by atoms with Crippen LogP contribution in [0.2, 0.25) is 0 Å². The van der Waals surface area contributed by atoms with Crippen molar-refractivity contribution in [3.8, 4) is 0 Å². The highest BCUT2D eigenvalue weighted by Crippen LogP contribution is 1.98. The lowest BCUT2D eigenvalue weighted by Gasteiger charge is -2.01. The summed E-state index contributed by atoms with van der Waals surface area (Å²) in [6, 6.07) is 0. The molecular weight excluding hydrogens is 136 g/mol. The summed E-state index contributed by atoms with van der Waals surface area (Å²) in [4.78, 5) is 0. The molecule has 0 rings (SSSR count). The third kappa shape index (κ3) is 25.7. The number of rotatable bonds is 3. The Labute approximate surface area is 72.8 Å². The van der Waals surface area contributed by atoms with Gasteiger partial charge in [-0.25, -0.2) is 0 Å². The van der Waals surface area contributed by atoms with Gasteiger partial charge in [-0.05, 0) is 12.8 Å². The van der Waals surface area contributed by atoms with Crippen LogP contribution in [0, 0.1) is 0 Å². The van der Waals surface area contributed by atoms with Gasteiger partial charge in [-0.15, -0.1) is 0 Å². The Hall–Kier alpha value is -0.0400. The molecule has 1 nitrogen and oxygen atoms in total. The van der Waals surface area contributed by atoms with Gasteiger partial charge in [-0.3, -0.25) is 0 Å². The van der Waals surface area contributed by atoms with E-state index in [4.69, 9.17) is 5.11 Å². The van der Waals surface area contributed by atoms with Crippen molar-refractivity contribution in [2.24, 2.45) is 0 Å². The first-order valence-electron chi connectivity index (χ1n) is 4.99. The van der Waals surface area contributed by atoms with Crippen molar-refractivity contribution in [1.82, 2.24) is 0 Å². The number of hydrogen-bond donors (Lipinski definition) is 1. The average Bonchev–Trinajstić information content (AvgIpc) is 2.12. The van der Waals surface area contributed by atoms with Crippen molar-refractivity contribution >= 4 is 0 Å². The fourth-order valence-corrected chi connectivity index (χ4v) is 0.537. The van der Waals surface area contributed by atoms with Crippen LogP contribution in [0.25, 0.3) is 0 Å². The maximum Gasteiger partial charge on any atom is 0.0537 e. The van der Waals surface area contributed by atoms with Crippen LogP contribution in [0.3, 0.4) is 0 Å². The first-order valence-corrected chi connectivity index (χ1v) is 4.99. The fourth-order valence-electron chi connectivity index (χ4n) is 0.537. The van der Waals surface area contributed by atoms with E-state index in [-0.39, 0.29) is 6.10 Å². The highest BCUT2D eigenvalue weighted by atomic mass is 16.3. The standard InChI is InChI=1S/C6H14O.2C2H6/c1-3-5-6(7)4-2;2*1-2/h6-7H,3-5H2,1-2H3;2*1-2H3. The molecule has 0 saturated carbocycles. The van der Waals surface area contributed by atoms with E-state index in [2.05, 4.69) is 6.92 Å². The van der Waals surface area contributed by atoms with Crippen LogP contribution in [0.1, 0.15) is 60.8 Å². The Morgan fingerprint density at radius 2 is 1.36 bits per heavy atom. The second-order valence-electron chi connectivity index (χ2n) is 1.85. The quantitative estimate of drug-likeness (QED) is 0.672. The van der Waals surface area contributed by atoms with E-state index in [1.165, 1.54) is 0 Å². The van der Waals surface area contributed by atoms with Crippen molar-refractivity contribution in [2.45, 2.75) is 66.9 Å². The van der Waals surface area contributed by atoms with Crippen LogP contribution in [-0.2, 0) is 0 Å². The molecule has 0 aromatic carbocycles. The summed E-state index contributed by atoms with van der Waals surface area (Å²) in [5.74, 6) is 0. The zero-order chi connectivity index (χ0) is 9.70. The topological polar surface area (TPSA) is 20.2 Å². The summed E-state index contributed by atoms with van der Waals surface area (Å²) in [6.45, 7) is 12.1. The Kier molecular flexibility index (Phi) is 35.1. The van der Waals surface area contributed by atoms with Crippen LogP contribution >= 0.6 is 0 Å². The van der Waals surface area contributed by atoms with Gasteiger partial charge in [0.25, 0.3) is 0 Å². The van der Waals surface area contributed by atoms with E-state index in [0.717, 1.165) is 19.3 Å². The maximum atomic E-state index is 8.86. The Morgan fingerprint density at radius 1 is 1.00 bits per heavy atom. The van der Waals surface area contributed by atoms with Crippen LogP contribution in [0.5, 0.6) is 0 Å². The van der Waals surface area contributed by atoms with E-state index in [1.807, 2.05) is 34.6 Å². The van der Waals surface area contributed by atoms with Gasteiger partial charge in [0.1, 0.15) is 0 Å². The lowest BCUT2D eigenvalue weighted by atomic mass is 10.2. The number of aliphatic hydroxyl groups is 1. The van der Waals surface area contributed by atoms with Gasteiger partial charge < -0.3 is 5.11 Å². The first kappa shape index (κ1) is 17.2. The fraction of sp³-hybridized carbons (Fsp3) is 1.00. The second-order valence-corrected chi connectivity index (χ2v) is 1.85. The molecule has 0 saturated heterocycles. The minimum Gasteiger partial charge on any atom is -0.393 e. The predicted molar refractivity (Wildman–Crippen MR) is 53.9 cm³/mol. The van der Waals surface area contributed by atoms with E-state index in [0.29, 0.717) is 0 Å². The molecule has 0 bridgehead atoms. The van der Waals surface area contributed by atoms with Crippen molar-refractivity contribution in [1.29, 1.82) is 0 Å². The molecule has 11 heavy (non-hydrogen) atoms. The van der Waals surface area contributed by atoms with Gasteiger partial charge in [0, 0.05) is 0 Å². The molecule has 1 atom stereocenters.